The van der Waals surface area contributed by atoms with Crippen molar-refractivity contribution in [3.63, 3.8) is 0 Å². The van der Waals surface area contributed by atoms with Gasteiger partial charge in [-0.1, -0.05) is 38.2 Å². The summed E-state index contributed by atoms with van der Waals surface area (Å²) < 4.78 is 23.2. The fourth-order valence-electron chi connectivity index (χ4n) is 6.67. The van der Waals surface area contributed by atoms with E-state index in [0.29, 0.717) is 24.8 Å². The van der Waals surface area contributed by atoms with E-state index in [2.05, 4.69) is 26.5 Å². The van der Waals surface area contributed by atoms with Crippen molar-refractivity contribution >= 4 is 17.9 Å². The number of hydrogen-bond donors (Lipinski definition) is 2. The number of rotatable bonds is 7. The fourth-order valence-corrected chi connectivity index (χ4v) is 6.67. The van der Waals surface area contributed by atoms with Crippen molar-refractivity contribution in [1.82, 2.24) is 0 Å². The highest BCUT2D eigenvalue weighted by atomic mass is 16.8. The Kier molecular flexibility index (Phi) is 8.28. The number of hydrogen-bond acceptors (Lipinski definition) is 9. The summed E-state index contributed by atoms with van der Waals surface area (Å²) in [6.45, 7) is 12.5. The van der Waals surface area contributed by atoms with Gasteiger partial charge in [0.15, 0.2) is 0 Å². The van der Waals surface area contributed by atoms with E-state index in [1.807, 2.05) is 6.92 Å². The van der Waals surface area contributed by atoms with Crippen LogP contribution >= 0.6 is 0 Å². The molecule has 0 radical (unpaired) electrons. The lowest BCUT2D eigenvalue weighted by atomic mass is 9.45. The molecule has 1 saturated carbocycles. The number of aliphatic hydroxyl groups is 1. The normalized spacial score (nSPS) is 35.0. The van der Waals surface area contributed by atoms with Gasteiger partial charge in [0.25, 0.3) is 0 Å². The molecule has 0 aromatic heterocycles. The third-order valence-electron chi connectivity index (χ3n) is 8.94. The van der Waals surface area contributed by atoms with Crippen LogP contribution in [0.2, 0.25) is 0 Å². The predicted molar refractivity (Wildman–Crippen MR) is 145 cm³/mol. The lowest BCUT2D eigenvalue weighted by Gasteiger charge is -2.60. The van der Waals surface area contributed by atoms with Crippen molar-refractivity contribution in [1.29, 1.82) is 0 Å². The van der Waals surface area contributed by atoms with Crippen LogP contribution in [0.4, 0.5) is 0 Å². The molecule has 216 valence electrons. The number of carbonyl (C=O) groups excluding carboxylic acids is 3. The topological polar surface area (TPSA) is 129 Å². The zero-order valence-electron chi connectivity index (χ0n) is 23.6. The first kappa shape index (κ1) is 29.6. The first-order chi connectivity index (χ1) is 18.8. The van der Waals surface area contributed by atoms with Crippen molar-refractivity contribution in [2.45, 2.75) is 78.7 Å². The Morgan fingerprint density at radius 1 is 1.07 bits per heavy atom. The monoisotopic (exact) mass is 554 g/mol. The summed E-state index contributed by atoms with van der Waals surface area (Å²) in [5.74, 6) is -2.18. The molecular weight excluding hydrogens is 516 g/mol. The molecule has 1 heterocycles. The third-order valence-corrected chi connectivity index (χ3v) is 8.94. The standard InChI is InChI=1S/C31H38O9/c1-7-17(2)12-13-30(6)18(3)14-26(35)31-24(28(37-19(4)32)40-29(31)38-20(5)33)15-23(16-25(30)31)39-27(36)21-8-10-22(34)11-9-21/h7-12,15,18,23,25-26,28-29,34-35H,1,13-14,16H2,2-6H3/b17-12+/t18-,23+,25+,26+,28+,29-,30-,31?/m1/s1. The van der Waals surface area contributed by atoms with Crippen molar-refractivity contribution in [2.24, 2.45) is 22.7 Å². The number of benzene rings is 1. The molecule has 1 aromatic carbocycles. The van der Waals surface area contributed by atoms with E-state index in [-0.39, 0.29) is 17.2 Å². The van der Waals surface area contributed by atoms with Crippen LogP contribution in [0.25, 0.3) is 0 Å². The Labute approximate surface area is 234 Å². The lowest BCUT2D eigenvalue weighted by molar-refractivity contribution is -0.253. The second-order valence-corrected chi connectivity index (χ2v) is 11.4. The van der Waals surface area contributed by atoms with E-state index in [0.717, 1.165) is 5.57 Å². The summed E-state index contributed by atoms with van der Waals surface area (Å²) in [6, 6.07) is 5.73. The number of phenolic OH excluding ortho intramolecular Hbond substituents is 1. The molecule has 2 fully saturated rings. The Morgan fingerprint density at radius 2 is 1.73 bits per heavy atom. The maximum atomic E-state index is 13.1. The molecule has 40 heavy (non-hydrogen) atoms. The first-order valence-electron chi connectivity index (χ1n) is 13.5. The summed E-state index contributed by atoms with van der Waals surface area (Å²) in [7, 11) is 0. The second-order valence-electron chi connectivity index (χ2n) is 11.4. The third kappa shape index (κ3) is 5.20. The minimum absolute atomic E-state index is 0.0190. The van der Waals surface area contributed by atoms with E-state index >= 15 is 0 Å². The van der Waals surface area contributed by atoms with E-state index < -0.39 is 59.4 Å². The molecule has 1 saturated heterocycles. The molecule has 9 heteroatoms. The SMILES string of the molecule is C=C/C(C)=C/C[C@]1(C)[C@H](C)C[C@H](O)C23C(=C[C@H](OC(=O)c4ccc(O)cc4)C[C@H]21)[C@@H](OC(C)=O)O[C@H]3OC(C)=O. The molecule has 3 aliphatic rings. The van der Waals surface area contributed by atoms with Gasteiger partial charge >= 0.3 is 17.9 Å². The van der Waals surface area contributed by atoms with Crippen LogP contribution in [0.15, 0.2) is 60.2 Å². The van der Waals surface area contributed by atoms with Gasteiger partial charge in [-0.2, -0.15) is 0 Å². The van der Waals surface area contributed by atoms with Gasteiger partial charge in [0.05, 0.1) is 17.1 Å². The summed E-state index contributed by atoms with van der Waals surface area (Å²) in [4.78, 5) is 37.4. The smallest absolute Gasteiger partial charge is 0.338 e. The molecule has 1 unspecified atom stereocenters. The van der Waals surface area contributed by atoms with Crippen LogP contribution in [0.3, 0.4) is 0 Å². The molecule has 1 spiro atoms. The van der Waals surface area contributed by atoms with Gasteiger partial charge in [0.2, 0.25) is 12.6 Å². The Morgan fingerprint density at radius 3 is 2.33 bits per heavy atom. The number of ether oxygens (including phenoxy) is 4. The zero-order chi connectivity index (χ0) is 29.4. The predicted octanol–water partition coefficient (Wildman–Crippen LogP) is 4.59. The highest BCUT2D eigenvalue weighted by Gasteiger charge is 2.71. The summed E-state index contributed by atoms with van der Waals surface area (Å²) in [6.07, 6.45) is 2.62. The minimum Gasteiger partial charge on any atom is -0.508 e. The molecular formula is C31H38O9. The molecule has 1 aromatic rings. The van der Waals surface area contributed by atoms with Crippen molar-refractivity contribution in [2.75, 3.05) is 0 Å². The van der Waals surface area contributed by atoms with Crippen molar-refractivity contribution < 1.29 is 43.5 Å². The number of carbonyl (C=O) groups is 3. The van der Waals surface area contributed by atoms with Gasteiger partial charge in [-0.25, -0.2) is 4.79 Å². The van der Waals surface area contributed by atoms with Crippen LogP contribution in [0.5, 0.6) is 5.75 Å². The number of allylic oxidation sites excluding steroid dienone is 3. The number of aromatic hydroxyl groups is 1. The fraction of sp³-hybridized carbons (Fsp3) is 0.516. The van der Waals surface area contributed by atoms with E-state index in [1.165, 1.54) is 38.1 Å². The summed E-state index contributed by atoms with van der Waals surface area (Å²) in [5, 5.41) is 21.4. The summed E-state index contributed by atoms with van der Waals surface area (Å²) in [5.41, 5.74) is -0.0330. The van der Waals surface area contributed by atoms with Crippen LogP contribution in [0, 0.1) is 22.7 Å². The zero-order valence-corrected chi connectivity index (χ0v) is 23.6. The second kappa shape index (κ2) is 11.2. The largest absolute Gasteiger partial charge is 0.508 e. The highest BCUT2D eigenvalue weighted by Crippen LogP contribution is 2.67. The molecule has 2 aliphatic carbocycles. The molecule has 9 nitrogen and oxygen atoms in total. The number of aliphatic hydroxyl groups excluding tert-OH is 1. The van der Waals surface area contributed by atoms with E-state index in [1.54, 1.807) is 12.2 Å². The van der Waals surface area contributed by atoms with Crippen LogP contribution < -0.4 is 0 Å². The Balaban J connectivity index is 1.86. The molecule has 8 atom stereocenters. The Bertz CT molecular complexity index is 1230. The first-order valence-corrected chi connectivity index (χ1v) is 13.5. The number of esters is 3. The lowest BCUT2D eigenvalue weighted by Crippen LogP contribution is -2.63. The average molecular weight is 555 g/mol. The van der Waals surface area contributed by atoms with Crippen molar-refractivity contribution in [3.8, 4) is 5.75 Å². The van der Waals surface area contributed by atoms with Gasteiger partial charge in [0.1, 0.15) is 11.9 Å². The van der Waals surface area contributed by atoms with Crippen LogP contribution in [0.1, 0.15) is 64.2 Å². The van der Waals surface area contributed by atoms with Gasteiger partial charge in [-0.3, -0.25) is 14.3 Å². The highest BCUT2D eigenvalue weighted by molar-refractivity contribution is 5.89. The van der Waals surface area contributed by atoms with Gasteiger partial charge in [-0.05, 0) is 73.8 Å². The molecule has 1 aliphatic heterocycles. The van der Waals surface area contributed by atoms with Crippen LogP contribution in [-0.2, 0) is 28.5 Å². The van der Waals surface area contributed by atoms with Gasteiger partial charge in [0, 0.05) is 19.4 Å². The van der Waals surface area contributed by atoms with Gasteiger partial charge in [-0.15, -0.1) is 0 Å². The minimum atomic E-state index is -1.24. The average Bonchev–Trinajstić information content (AvgIpc) is 3.18. The quantitative estimate of drug-likeness (QED) is 0.215. The van der Waals surface area contributed by atoms with Crippen LogP contribution in [-0.4, -0.2) is 52.9 Å². The van der Waals surface area contributed by atoms with E-state index in [9.17, 15) is 24.6 Å². The van der Waals surface area contributed by atoms with Gasteiger partial charge < -0.3 is 24.4 Å². The summed E-state index contributed by atoms with van der Waals surface area (Å²) >= 11 is 0. The van der Waals surface area contributed by atoms with E-state index in [4.69, 9.17) is 18.9 Å². The molecule has 4 rings (SSSR count). The maximum Gasteiger partial charge on any atom is 0.338 e. The number of phenols is 1. The van der Waals surface area contributed by atoms with Crippen molar-refractivity contribution in [3.05, 3.63) is 65.8 Å². The molecule has 0 bridgehead atoms. The molecule has 0 amide bonds. The maximum absolute atomic E-state index is 13.1. The Hall–Kier alpha value is -3.43. The molecule has 2 N–H and O–H groups in total.